The molecule has 1 unspecified atom stereocenters. The number of rotatable bonds is 3. The summed E-state index contributed by atoms with van der Waals surface area (Å²) in [6.45, 7) is 0.710. The van der Waals surface area contributed by atoms with Gasteiger partial charge in [0.25, 0.3) is 0 Å². The zero-order valence-electron chi connectivity index (χ0n) is 6.14. The summed E-state index contributed by atoms with van der Waals surface area (Å²) >= 11 is 0. The van der Waals surface area contributed by atoms with E-state index in [2.05, 4.69) is 0 Å². The summed E-state index contributed by atoms with van der Waals surface area (Å²) in [7, 11) is -0.568. The van der Waals surface area contributed by atoms with E-state index in [4.69, 9.17) is 4.52 Å². The molecular weight excluding hydrogens is 147 g/mol. The highest BCUT2D eigenvalue weighted by Gasteiger charge is 2.14. The highest BCUT2D eigenvalue weighted by atomic mass is 31.1. The molecule has 1 saturated carbocycles. The van der Waals surface area contributed by atoms with Crippen LogP contribution < -0.4 is 0 Å². The van der Waals surface area contributed by atoms with E-state index in [0.717, 1.165) is 0 Å². The van der Waals surface area contributed by atoms with Crippen molar-refractivity contribution < 1.29 is 9.09 Å². The van der Waals surface area contributed by atoms with Gasteiger partial charge in [-0.15, -0.1) is 4.52 Å². The van der Waals surface area contributed by atoms with Gasteiger partial charge < -0.3 is 0 Å². The summed E-state index contributed by atoms with van der Waals surface area (Å²) in [6, 6.07) is 0. The summed E-state index contributed by atoms with van der Waals surface area (Å²) in [5.41, 5.74) is 0. The van der Waals surface area contributed by atoms with Crippen molar-refractivity contribution in [3.63, 3.8) is 0 Å². The van der Waals surface area contributed by atoms with Gasteiger partial charge in [-0.3, -0.25) is 0 Å². The SMILES string of the molecule is O=[PH+]OCC1CCCCC1. The summed E-state index contributed by atoms with van der Waals surface area (Å²) in [5, 5.41) is 0. The average molecular weight is 161 g/mol. The maximum atomic E-state index is 9.98. The first kappa shape index (κ1) is 8.16. The molecule has 0 saturated heterocycles. The molecule has 0 aromatic heterocycles. The predicted octanol–water partition coefficient (Wildman–Crippen LogP) is 2.52. The topological polar surface area (TPSA) is 26.3 Å². The normalized spacial score (nSPS) is 21.6. The lowest BCUT2D eigenvalue weighted by Gasteiger charge is -2.17. The van der Waals surface area contributed by atoms with E-state index in [0.29, 0.717) is 12.5 Å². The van der Waals surface area contributed by atoms with Crippen molar-refractivity contribution in [1.29, 1.82) is 0 Å². The molecule has 1 atom stereocenters. The second-order valence-electron chi connectivity index (χ2n) is 2.90. The van der Waals surface area contributed by atoms with Crippen molar-refractivity contribution >= 4 is 8.69 Å². The van der Waals surface area contributed by atoms with Gasteiger partial charge >= 0.3 is 8.69 Å². The standard InChI is InChI=1S/C7H14O2P/c8-10-9-6-7-4-2-1-3-5-7/h7,10H,1-6H2/q+1. The van der Waals surface area contributed by atoms with Gasteiger partial charge in [-0.1, -0.05) is 19.3 Å². The highest BCUT2D eigenvalue weighted by Crippen LogP contribution is 2.24. The first-order valence-corrected chi connectivity index (χ1v) is 4.74. The van der Waals surface area contributed by atoms with Crippen molar-refractivity contribution in [3.05, 3.63) is 0 Å². The van der Waals surface area contributed by atoms with Gasteiger partial charge in [-0.05, 0) is 23.3 Å². The summed E-state index contributed by atoms with van der Waals surface area (Å²) < 4.78 is 14.8. The molecule has 0 bridgehead atoms. The van der Waals surface area contributed by atoms with Crippen LogP contribution in [0.3, 0.4) is 0 Å². The number of hydrogen-bond donors (Lipinski definition) is 0. The van der Waals surface area contributed by atoms with Crippen LogP contribution in [0.2, 0.25) is 0 Å². The van der Waals surface area contributed by atoms with Crippen LogP contribution in [0.5, 0.6) is 0 Å². The quantitative estimate of drug-likeness (QED) is 0.594. The Morgan fingerprint density at radius 3 is 2.60 bits per heavy atom. The van der Waals surface area contributed by atoms with Crippen LogP contribution in [0.1, 0.15) is 32.1 Å². The first-order valence-electron chi connectivity index (χ1n) is 3.92. The van der Waals surface area contributed by atoms with Crippen molar-refractivity contribution in [3.8, 4) is 0 Å². The second-order valence-corrected chi connectivity index (χ2v) is 3.35. The summed E-state index contributed by atoms with van der Waals surface area (Å²) in [6.07, 6.45) is 6.57. The molecule has 0 spiro atoms. The Morgan fingerprint density at radius 1 is 1.30 bits per heavy atom. The minimum absolute atomic E-state index is 0.568. The first-order chi connectivity index (χ1) is 4.93. The van der Waals surface area contributed by atoms with Crippen LogP contribution in [0.4, 0.5) is 0 Å². The van der Waals surface area contributed by atoms with Gasteiger partial charge in [-0.2, -0.15) is 0 Å². The van der Waals surface area contributed by atoms with E-state index in [1.165, 1.54) is 32.1 Å². The molecule has 1 aliphatic rings. The Labute approximate surface area is 63.2 Å². The van der Waals surface area contributed by atoms with E-state index in [-0.39, 0.29) is 0 Å². The van der Waals surface area contributed by atoms with Gasteiger partial charge in [0.2, 0.25) is 0 Å². The Balaban J connectivity index is 2.07. The molecule has 0 aromatic rings. The molecule has 0 aliphatic heterocycles. The molecule has 0 amide bonds. The zero-order chi connectivity index (χ0) is 7.23. The highest BCUT2D eigenvalue weighted by molar-refractivity contribution is 7.17. The smallest absolute Gasteiger partial charge is 0.148 e. The predicted molar refractivity (Wildman–Crippen MR) is 41.5 cm³/mol. The Bertz CT molecular complexity index is 99.8. The lowest BCUT2D eigenvalue weighted by Crippen LogP contribution is -2.10. The van der Waals surface area contributed by atoms with Gasteiger partial charge in [0, 0.05) is 0 Å². The van der Waals surface area contributed by atoms with Crippen molar-refractivity contribution in [2.24, 2.45) is 5.92 Å². The molecule has 10 heavy (non-hydrogen) atoms. The van der Waals surface area contributed by atoms with E-state index in [9.17, 15) is 4.57 Å². The fraction of sp³-hybridized carbons (Fsp3) is 1.00. The third-order valence-corrected chi connectivity index (χ3v) is 2.39. The molecular formula is C7H14O2P+. The van der Waals surface area contributed by atoms with Crippen molar-refractivity contribution in [2.75, 3.05) is 6.61 Å². The van der Waals surface area contributed by atoms with Crippen LogP contribution in [0.25, 0.3) is 0 Å². The lowest BCUT2D eigenvalue weighted by molar-refractivity contribution is 0.223. The van der Waals surface area contributed by atoms with E-state index in [1.807, 2.05) is 0 Å². The minimum atomic E-state index is -0.568. The fourth-order valence-electron chi connectivity index (χ4n) is 1.51. The average Bonchev–Trinajstić information content (AvgIpc) is 2.03. The monoisotopic (exact) mass is 161 g/mol. The van der Waals surface area contributed by atoms with Gasteiger partial charge in [0.15, 0.2) is 0 Å². The van der Waals surface area contributed by atoms with Crippen LogP contribution in [0, 0.1) is 5.92 Å². The molecule has 58 valence electrons. The van der Waals surface area contributed by atoms with E-state index < -0.39 is 8.69 Å². The van der Waals surface area contributed by atoms with E-state index >= 15 is 0 Å². The molecule has 1 rings (SSSR count). The Hall–Kier alpha value is 0.0600. The second kappa shape index (κ2) is 4.81. The maximum absolute atomic E-state index is 9.98. The van der Waals surface area contributed by atoms with Crippen molar-refractivity contribution in [2.45, 2.75) is 32.1 Å². The molecule has 0 aromatic carbocycles. The van der Waals surface area contributed by atoms with Gasteiger partial charge in [-0.25, -0.2) is 0 Å². The molecule has 1 fully saturated rings. The van der Waals surface area contributed by atoms with Crippen LogP contribution >= 0.6 is 8.69 Å². The number of hydrogen-bond acceptors (Lipinski definition) is 2. The fourth-order valence-corrected chi connectivity index (χ4v) is 1.81. The van der Waals surface area contributed by atoms with Crippen LogP contribution in [-0.4, -0.2) is 6.61 Å². The largest absolute Gasteiger partial charge is 0.494 e. The van der Waals surface area contributed by atoms with Crippen LogP contribution in [0.15, 0.2) is 0 Å². The summed E-state index contributed by atoms with van der Waals surface area (Å²) in [4.78, 5) is 0. The molecule has 2 nitrogen and oxygen atoms in total. The van der Waals surface area contributed by atoms with Gasteiger partial charge in [0.05, 0.1) is 0 Å². The lowest BCUT2D eigenvalue weighted by atomic mass is 9.90. The third-order valence-electron chi connectivity index (χ3n) is 2.10. The third kappa shape index (κ3) is 2.76. The van der Waals surface area contributed by atoms with Crippen molar-refractivity contribution in [1.82, 2.24) is 0 Å². The van der Waals surface area contributed by atoms with E-state index in [1.54, 1.807) is 0 Å². The maximum Gasteiger partial charge on any atom is 0.494 e. The zero-order valence-corrected chi connectivity index (χ0v) is 7.14. The Kier molecular flexibility index (Phi) is 3.93. The molecule has 0 heterocycles. The minimum Gasteiger partial charge on any atom is -0.148 e. The van der Waals surface area contributed by atoms with Gasteiger partial charge in [0.1, 0.15) is 6.61 Å². The Morgan fingerprint density at radius 2 is 2.00 bits per heavy atom. The summed E-state index contributed by atoms with van der Waals surface area (Å²) in [5.74, 6) is 0.690. The molecule has 0 N–H and O–H groups in total. The van der Waals surface area contributed by atoms with Crippen LogP contribution in [-0.2, 0) is 9.09 Å². The molecule has 0 radical (unpaired) electrons. The molecule has 1 aliphatic carbocycles. The molecule has 3 heteroatoms.